The number of benzene rings is 1. The van der Waals surface area contributed by atoms with E-state index in [1.807, 2.05) is 0 Å². The number of nitro benzene ring substituents is 1. The molecule has 2 rings (SSSR count). The molecule has 0 radical (unpaired) electrons. The lowest BCUT2D eigenvalue weighted by molar-refractivity contribution is -0.384. The average molecular weight is 279 g/mol. The van der Waals surface area contributed by atoms with Gasteiger partial charge in [-0.1, -0.05) is 0 Å². The number of nitro groups is 1. The summed E-state index contributed by atoms with van der Waals surface area (Å²) in [7, 11) is 0. The number of carbonyl (C=O) groups excluding carboxylic acids is 1. The molecular formula is C12H13N3O5. The number of nitrogens with one attached hydrogen (secondary N) is 2. The standard InChI is InChI=1S/C12H13N3O5/c16-10(17)12(5-6-12)7-13-11(18)14-8-1-3-9(4-2-8)15(19)20/h1-4H,5-7H2,(H,16,17)(H2,13,14,18). The van der Waals surface area contributed by atoms with Crippen molar-refractivity contribution < 1.29 is 19.6 Å². The maximum atomic E-state index is 11.6. The molecule has 0 spiro atoms. The number of anilines is 1. The quantitative estimate of drug-likeness (QED) is 0.558. The van der Waals surface area contributed by atoms with Gasteiger partial charge in [-0.25, -0.2) is 4.79 Å². The summed E-state index contributed by atoms with van der Waals surface area (Å²) in [5.74, 6) is -0.909. The van der Waals surface area contributed by atoms with Crippen LogP contribution in [0.4, 0.5) is 16.2 Å². The highest BCUT2D eigenvalue weighted by Crippen LogP contribution is 2.45. The third-order valence-electron chi connectivity index (χ3n) is 3.23. The Morgan fingerprint density at radius 1 is 1.30 bits per heavy atom. The van der Waals surface area contributed by atoms with E-state index < -0.39 is 22.3 Å². The highest BCUT2D eigenvalue weighted by atomic mass is 16.6. The van der Waals surface area contributed by atoms with Gasteiger partial charge in [-0.05, 0) is 25.0 Å². The van der Waals surface area contributed by atoms with E-state index in [0.29, 0.717) is 18.5 Å². The molecule has 0 atom stereocenters. The van der Waals surface area contributed by atoms with Gasteiger partial charge in [0.2, 0.25) is 0 Å². The Bertz CT molecular complexity index is 551. The molecule has 20 heavy (non-hydrogen) atoms. The number of rotatable bonds is 5. The van der Waals surface area contributed by atoms with Gasteiger partial charge in [-0.2, -0.15) is 0 Å². The number of non-ortho nitro benzene ring substituents is 1. The van der Waals surface area contributed by atoms with Crippen LogP contribution in [0.5, 0.6) is 0 Å². The van der Waals surface area contributed by atoms with Gasteiger partial charge in [0.1, 0.15) is 0 Å². The number of hydrogen-bond donors (Lipinski definition) is 3. The lowest BCUT2D eigenvalue weighted by Gasteiger charge is -2.11. The molecule has 3 N–H and O–H groups in total. The molecule has 1 aliphatic rings. The van der Waals surface area contributed by atoms with Crippen molar-refractivity contribution in [1.29, 1.82) is 0 Å². The van der Waals surface area contributed by atoms with Gasteiger partial charge in [-0.15, -0.1) is 0 Å². The summed E-state index contributed by atoms with van der Waals surface area (Å²) in [5, 5.41) is 24.4. The summed E-state index contributed by atoms with van der Waals surface area (Å²) in [4.78, 5) is 32.4. The van der Waals surface area contributed by atoms with E-state index in [4.69, 9.17) is 5.11 Å². The number of carboxylic acids is 1. The highest BCUT2D eigenvalue weighted by Gasteiger charge is 2.50. The zero-order valence-electron chi connectivity index (χ0n) is 10.5. The van der Waals surface area contributed by atoms with Gasteiger partial charge in [-0.3, -0.25) is 14.9 Å². The molecule has 8 nitrogen and oxygen atoms in total. The third kappa shape index (κ3) is 3.02. The van der Waals surface area contributed by atoms with Gasteiger partial charge < -0.3 is 15.7 Å². The smallest absolute Gasteiger partial charge is 0.319 e. The molecule has 1 saturated carbocycles. The number of nitrogens with zero attached hydrogens (tertiary/aromatic N) is 1. The summed E-state index contributed by atoms with van der Waals surface area (Å²) in [6.07, 6.45) is 1.11. The molecular weight excluding hydrogens is 266 g/mol. The summed E-state index contributed by atoms with van der Waals surface area (Å²) >= 11 is 0. The first-order valence-electron chi connectivity index (χ1n) is 5.96. The Kier molecular flexibility index (Phi) is 3.55. The number of hydrogen-bond acceptors (Lipinski definition) is 4. The zero-order chi connectivity index (χ0) is 14.8. The number of urea groups is 1. The molecule has 0 heterocycles. The number of amides is 2. The summed E-state index contributed by atoms with van der Waals surface area (Å²) in [6.45, 7) is 0.0706. The molecule has 1 aromatic carbocycles. The predicted octanol–water partition coefficient (Wildman–Crippen LogP) is 1.58. The van der Waals surface area contributed by atoms with Gasteiger partial charge in [0, 0.05) is 24.4 Å². The van der Waals surface area contributed by atoms with Crippen molar-refractivity contribution in [3.05, 3.63) is 34.4 Å². The van der Waals surface area contributed by atoms with Crippen LogP contribution < -0.4 is 10.6 Å². The van der Waals surface area contributed by atoms with E-state index in [2.05, 4.69) is 10.6 Å². The maximum absolute atomic E-state index is 11.6. The molecule has 0 aliphatic heterocycles. The van der Waals surface area contributed by atoms with Crippen molar-refractivity contribution in [2.45, 2.75) is 12.8 Å². The second-order valence-corrected chi connectivity index (χ2v) is 4.70. The molecule has 1 aromatic rings. The molecule has 0 unspecified atom stereocenters. The fourth-order valence-electron chi connectivity index (χ4n) is 1.71. The molecule has 0 aromatic heterocycles. The van der Waals surface area contributed by atoms with Crippen LogP contribution >= 0.6 is 0 Å². The first-order valence-corrected chi connectivity index (χ1v) is 5.96. The van der Waals surface area contributed by atoms with Crippen LogP contribution in [0, 0.1) is 15.5 Å². The molecule has 106 valence electrons. The van der Waals surface area contributed by atoms with Crippen molar-refractivity contribution in [3.63, 3.8) is 0 Å². The predicted molar refractivity (Wildman–Crippen MR) is 69.4 cm³/mol. The Morgan fingerprint density at radius 2 is 1.90 bits per heavy atom. The fraction of sp³-hybridized carbons (Fsp3) is 0.333. The van der Waals surface area contributed by atoms with Crippen LogP contribution in [0.3, 0.4) is 0 Å². The normalized spacial score (nSPS) is 15.2. The highest BCUT2D eigenvalue weighted by molar-refractivity contribution is 5.90. The lowest BCUT2D eigenvalue weighted by Crippen LogP contribution is -2.36. The SMILES string of the molecule is O=C(NCC1(C(=O)O)CC1)Nc1ccc([N+](=O)[O-])cc1. The number of carbonyl (C=O) groups is 2. The van der Waals surface area contributed by atoms with Gasteiger partial charge in [0.15, 0.2) is 0 Å². The minimum absolute atomic E-state index is 0.0706. The van der Waals surface area contributed by atoms with Crippen LogP contribution in [0.15, 0.2) is 24.3 Å². The number of aliphatic carboxylic acids is 1. The maximum Gasteiger partial charge on any atom is 0.319 e. The molecule has 0 saturated heterocycles. The largest absolute Gasteiger partial charge is 0.481 e. The van der Waals surface area contributed by atoms with E-state index in [1.165, 1.54) is 24.3 Å². The van der Waals surface area contributed by atoms with Crippen molar-refractivity contribution in [2.75, 3.05) is 11.9 Å². The van der Waals surface area contributed by atoms with E-state index >= 15 is 0 Å². The lowest BCUT2D eigenvalue weighted by atomic mass is 10.1. The van der Waals surface area contributed by atoms with Crippen LogP contribution in [0.25, 0.3) is 0 Å². The summed E-state index contributed by atoms with van der Waals surface area (Å²) < 4.78 is 0. The second kappa shape index (κ2) is 5.16. The van der Waals surface area contributed by atoms with E-state index in [1.54, 1.807) is 0 Å². The topological polar surface area (TPSA) is 122 Å². The molecule has 0 bridgehead atoms. The molecule has 1 aliphatic carbocycles. The number of carboxylic acid groups (broad SMARTS) is 1. The third-order valence-corrected chi connectivity index (χ3v) is 3.23. The van der Waals surface area contributed by atoms with Crippen LogP contribution in [-0.2, 0) is 4.79 Å². The van der Waals surface area contributed by atoms with Gasteiger partial charge in [0.25, 0.3) is 5.69 Å². The van der Waals surface area contributed by atoms with E-state index in [-0.39, 0.29) is 12.2 Å². The van der Waals surface area contributed by atoms with E-state index in [9.17, 15) is 19.7 Å². The minimum atomic E-state index is -0.909. The van der Waals surface area contributed by atoms with Crippen LogP contribution in [-0.4, -0.2) is 28.6 Å². The van der Waals surface area contributed by atoms with Crippen molar-refractivity contribution in [2.24, 2.45) is 5.41 Å². The van der Waals surface area contributed by atoms with Gasteiger partial charge >= 0.3 is 12.0 Å². The first kappa shape index (κ1) is 13.8. The minimum Gasteiger partial charge on any atom is -0.481 e. The van der Waals surface area contributed by atoms with Crippen LogP contribution in [0.1, 0.15) is 12.8 Å². The Hall–Kier alpha value is -2.64. The van der Waals surface area contributed by atoms with Crippen molar-refractivity contribution >= 4 is 23.4 Å². The molecule has 1 fully saturated rings. The zero-order valence-corrected chi connectivity index (χ0v) is 10.5. The van der Waals surface area contributed by atoms with Gasteiger partial charge in [0.05, 0.1) is 10.3 Å². The summed E-state index contributed by atoms with van der Waals surface area (Å²) in [6, 6.07) is 4.82. The van der Waals surface area contributed by atoms with Crippen molar-refractivity contribution in [1.82, 2.24) is 5.32 Å². The fourth-order valence-corrected chi connectivity index (χ4v) is 1.71. The Morgan fingerprint density at radius 3 is 2.35 bits per heavy atom. The Balaban J connectivity index is 1.85. The monoisotopic (exact) mass is 279 g/mol. The summed E-state index contributed by atoms with van der Waals surface area (Å²) in [5.41, 5.74) is -0.501. The van der Waals surface area contributed by atoms with Crippen molar-refractivity contribution in [3.8, 4) is 0 Å². The first-order chi connectivity index (χ1) is 9.43. The Labute approximate surface area is 113 Å². The molecule has 2 amide bonds. The van der Waals surface area contributed by atoms with E-state index in [0.717, 1.165) is 0 Å². The van der Waals surface area contributed by atoms with Crippen LogP contribution in [0.2, 0.25) is 0 Å². The second-order valence-electron chi connectivity index (χ2n) is 4.70. The average Bonchev–Trinajstić information content (AvgIpc) is 3.18. The molecule has 8 heteroatoms.